The summed E-state index contributed by atoms with van der Waals surface area (Å²) in [7, 11) is 0. The molecule has 0 aromatic heterocycles. The summed E-state index contributed by atoms with van der Waals surface area (Å²) in [5.41, 5.74) is 8.87. The summed E-state index contributed by atoms with van der Waals surface area (Å²) in [5, 5.41) is 0. The zero-order valence-corrected chi connectivity index (χ0v) is 12.2. The molecule has 0 aliphatic carbocycles. The molecule has 0 aliphatic heterocycles. The lowest BCUT2D eigenvalue weighted by atomic mass is 10.1. The van der Waals surface area contributed by atoms with E-state index in [1.807, 2.05) is 11.8 Å². The highest BCUT2D eigenvalue weighted by Crippen LogP contribution is 2.20. The Hall–Kier alpha value is -1.25. The Morgan fingerprint density at radius 3 is 2.58 bits per heavy atom. The Morgan fingerprint density at radius 2 is 1.84 bits per heavy atom. The molecule has 2 N–H and O–H groups in total. The van der Waals surface area contributed by atoms with Gasteiger partial charge in [0.25, 0.3) is 0 Å². The van der Waals surface area contributed by atoms with Crippen molar-refractivity contribution in [3.05, 3.63) is 65.7 Å². The van der Waals surface area contributed by atoms with Gasteiger partial charge in [-0.25, -0.2) is 0 Å². The van der Waals surface area contributed by atoms with Gasteiger partial charge in [-0.1, -0.05) is 48.0 Å². The number of rotatable bonds is 6. The van der Waals surface area contributed by atoms with Gasteiger partial charge in [-0.3, -0.25) is 0 Å². The van der Waals surface area contributed by atoms with E-state index >= 15 is 0 Å². The van der Waals surface area contributed by atoms with Gasteiger partial charge in [0, 0.05) is 16.7 Å². The molecule has 0 saturated carbocycles. The van der Waals surface area contributed by atoms with Crippen LogP contribution in [0.15, 0.2) is 59.5 Å². The average molecular weight is 271 g/mol. The van der Waals surface area contributed by atoms with Crippen molar-refractivity contribution in [2.45, 2.75) is 30.7 Å². The summed E-state index contributed by atoms with van der Waals surface area (Å²) in [6.45, 7) is 2.12. The van der Waals surface area contributed by atoms with Gasteiger partial charge < -0.3 is 5.73 Å². The van der Waals surface area contributed by atoms with Crippen molar-refractivity contribution in [2.75, 3.05) is 5.75 Å². The molecular formula is C17H21NS. The van der Waals surface area contributed by atoms with E-state index in [2.05, 4.69) is 61.5 Å². The normalized spacial score (nSPS) is 12.3. The minimum Gasteiger partial charge on any atom is -0.327 e. The van der Waals surface area contributed by atoms with Crippen LogP contribution in [0.1, 0.15) is 17.5 Å². The van der Waals surface area contributed by atoms with E-state index in [4.69, 9.17) is 5.73 Å². The first-order chi connectivity index (χ1) is 9.24. The zero-order chi connectivity index (χ0) is 13.5. The highest BCUT2D eigenvalue weighted by Gasteiger charge is 2.04. The molecule has 1 atom stereocenters. The summed E-state index contributed by atoms with van der Waals surface area (Å²) < 4.78 is 0. The Kier molecular flexibility index (Phi) is 5.49. The maximum Gasteiger partial charge on any atom is 0.0137 e. The number of hydrogen-bond donors (Lipinski definition) is 1. The molecule has 0 spiro atoms. The first kappa shape index (κ1) is 14.2. The largest absolute Gasteiger partial charge is 0.327 e. The van der Waals surface area contributed by atoms with Crippen LogP contribution in [0.2, 0.25) is 0 Å². The van der Waals surface area contributed by atoms with Crippen LogP contribution in [0.4, 0.5) is 0 Å². The van der Waals surface area contributed by atoms with Gasteiger partial charge in [-0.15, -0.1) is 11.8 Å². The first-order valence-electron chi connectivity index (χ1n) is 6.73. The average Bonchev–Trinajstić information content (AvgIpc) is 2.44. The fourth-order valence-electron chi connectivity index (χ4n) is 1.99. The summed E-state index contributed by atoms with van der Waals surface area (Å²) in [4.78, 5) is 1.31. The van der Waals surface area contributed by atoms with Gasteiger partial charge in [-0.2, -0.15) is 0 Å². The van der Waals surface area contributed by atoms with Crippen molar-refractivity contribution in [1.82, 2.24) is 0 Å². The lowest BCUT2D eigenvalue weighted by Gasteiger charge is -2.11. The highest BCUT2D eigenvalue weighted by molar-refractivity contribution is 7.99. The van der Waals surface area contributed by atoms with Gasteiger partial charge >= 0.3 is 0 Å². The van der Waals surface area contributed by atoms with Crippen molar-refractivity contribution < 1.29 is 0 Å². The molecule has 0 bridgehead atoms. The second-order valence-corrected chi connectivity index (χ2v) is 6.01. The van der Waals surface area contributed by atoms with Crippen molar-refractivity contribution >= 4 is 11.8 Å². The summed E-state index contributed by atoms with van der Waals surface area (Å²) in [6, 6.07) is 19.4. The third kappa shape index (κ3) is 5.09. The van der Waals surface area contributed by atoms with Crippen molar-refractivity contribution in [3.8, 4) is 0 Å². The summed E-state index contributed by atoms with van der Waals surface area (Å²) in [6.07, 6.45) is 2.11. The van der Waals surface area contributed by atoms with Crippen LogP contribution in [0.3, 0.4) is 0 Å². The van der Waals surface area contributed by atoms with Crippen LogP contribution in [-0.4, -0.2) is 11.8 Å². The molecule has 19 heavy (non-hydrogen) atoms. The molecule has 1 unspecified atom stereocenters. The van der Waals surface area contributed by atoms with Gasteiger partial charge in [0.05, 0.1) is 0 Å². The number of hydrogen-bond acceptors (Lipinski definition) is 2. The van der Waals surface area contributed by atoms with E-state index in [0.29, 0.717) is 0 Å². The molecule has 2 rings (SSSR count). The van der Waals surface area contributed by atoms with Crippen LogP contribution >= 0.6 is 11.8 Å². The quantitative estimate of drug-likeness (QED) is 0.802. The molecule has 0 amide bonds. The van der Waals surface area contributed by atoms with Crippen LogP contribution < -0.4 is 5.73 Å². The Balaban J connectivity index is 1.74. The second-order valence-electron chi connectivity index (χ2n) is 4.91. The molecule has 2 heteroatoms. The van der Waals surface area contributed by atoms with Crippen molar-refractivity contribution in [1.29, 1.82) is 0 Å². The summed E-state index contributed by atoms with van der Waals surface area (Å²) >= 11 is 1.85. The minimum atomic E-state index is 0.255. The third-order valence-electron chi connectivity index (χ3n) is 3.10. The predicted octanol–water partition coefficient (Wildman–Crippen LogP) is 4.05. The van der Waals surface area contributed by atoms with Crippen LogP contribution in [0, 0.1) is 6.92 Å². The zero-order valence-electron chi connectivity index (χ0n) is 11.4. The molecule has 0 aliphatic rings. The molecule has 0 heterocycles. The van der Waals surface area contributed by atoms with E-state index in [9.17, 15) is 0 Å². The highest BCUT2D eigenvalue weighted by atomic mass is 32.2. The number of thioether (sulfide) groups is 1. The van der Waals surface area contributed by atoms with Crippen LogP contribution in [-0.2, 0) is 6.42 Å². The Labute approximate surface area is 120 Å². The van der Waals surface area contributed by atoms with Crippen LogP contribution in [0.5, 0.6) is 0 Å². The molecule has 0 radical (unpaired) electrons. The Bertz CT molecular complexity index is 496. The molecule has 0 saturated heterocycles. The monoisotopic (exact) mass is 271 g/mol. The molecule has 2 aromatic rings. The van der Waals surface area contributed by atoms with E-state index in [1.54, 1.807) is 0 Å². The number of nitrogens with two attached hydrogens (primary N) is 1. The summed E-state index contributed by atoms with van der Waals surface area (Å²) in [5.74, 6) is 0.982. The maximum absolute atomic E-state index is 6.19. The minimum absolute atomic E-state index is 0.255. The number of aryl methyl sites for hydroxylation is 2. The molecule has 0 fully saturated rings. The molecule has 100 valence electrons. The van der Waals surface area contributed by atoms with Gasteiger partial charge in [0.15, 0.2) is 0 Å². The van der Waals surface area contributed by atoms with E-state index < -0.39 is 0 Å². The SMILES string of the molecule is Cc1cccc(SCC(N)CCc2ccccc2)c1. The van der Waals surface area contributed by atoms with Crippen molar-refractivity contribution in [3.63, 3.8) is 0 Å². The fourth-order valence-corrected chi connectivity index (χ4v) is 3.01. The van der Waals surface area contributed by atoms with E-state index in [1.165, 1.54) is 16.0 Å². The van der Waals surface area contributed by atoms with E-state index in [-0.39, 0.29) is 6.04 Å². The lowest BCUT2D eigenvalue weighted by Crippen LogP contribution is -2.23. The smallest absolute Gasteiger partial charge is 0.0137 e. The Morgan fingerprint density at radius 1 is 1.05 bits per heavy atom. The first-order valence-corrected chi connectivity index (χ1v) is 7.71. The van der Waals surface area contributed by atoms with Gasteiger partial charge in [0.2, 0.25) is 0 Å². The second kappa shape index (κ2) is 7.37. The predicted molar refractivity (Wildman–Crippen MR) is 84.6 cm³/mol. The molecule has 1 nitrogen and oxygen atoms in total. The number of benzene rings is 2. The molecular weight excluding hydrogens is 250 g/mol. The standard InChI is InChI=1S/C17H21NS/c1-14-6-5-9-17(12-14)19-13-16(18)11-10-15-7-3-2-4-8-15/h2-9,12,16H,10-11,13,18H2,1H3. The van der Waals surface area contributed by atoms with E-state index in [0.717, 1.165) is 18.6 Å². The van der Waals surface area contributed by atoms with Gasteiger partial charge in [-0.05, 0) is 37.5 Å². The van der Waals surface area contributed by atoms with Gasteiger partial charge in [0.1, 0.15) is 0 Å². The van der Waals surface area contributed by atoms with Crippen LogP contribution in [0.25, 0.3) is 0 Å². The topological polar surface area (TPSA) is 26.0 Å². The lowest BCUT2D eigenvalue weighted by molar-refractivity contribution is 0.674. The maximum atomic E-state index is 6.19. The molecule has 2 aromatic carbocycles. The third-order valence-corrected chi connectivity index (χ3v) is 4.28. The fraction of sp³-hybridized carbons (Fsp3) is 0.294. The van der Waals surface area contributed by atoms with Crippen molar-refractivity contribution in [2.24, 2.45) is 5.73 Å².